The Hall–Kier alpha value is -4.19. The number of likely N-dealkylation sites (tertiary alicyclic amines) is 1. The van der Waals surface area contributed by atoms with Crippen molar-refractivity contribution in [2.45, 2.75) is 89.9 Å². The van der Waals surface area contributed by atoms with Gasteiger partial charge in [-0.3, -0.25) is 14.2 Å². The highest BCUT2D eigenvalue weighted by atomic mass is 31.2. The number of nitrogens with one attached hydrogen (secondary N) is 2. The average molecular weight is 697 g/mol. The molecule has 2 heterocycles. The van der Waals surface area contributed by atoms with E-state index in [0.29, 0.717) is 28.1 Å². The van der Waals surface area contributed by atoms with E-state index in [1.54, 1.807) is 66.9 Å². The molecule has 1 unspecified atom stereocenters. The molecule has 0 radical (unpaired) electrons. The van der Waals surface area contributed by atoms with Gasteiger partial charge in [-0.25, -0.2) is 9.78 Å². The molecule has 1 saturated heterocycles. The molecule has 3 amide bonds. The highest BCUT2D eigenvalue weighted by molar-refractivity contribution is 7.54. The zero-order valence-corrected chi connectivity index (χ0v) is 29.7. The van der Waals surface area contributed by atoms with Crippen molar-refractivity contribution in [1.82, 2.24) is 20.5 Å². The summed E-state index contributed by atoms with van der Waals surface area (Å²) < 4.78 is 29.7. The van der Waals surface area contributed by atoms with Crippen molar-refractivity contribution < 1.29 is 42.9 Å². The SMILES string of the molecule is COc1ccc2c(OC3C[C@@H](C(=O)NC4(P(=O)(O)O)CC4)N(C(=O)[C@@H](NC(=O)OC(C)(C)C)C(C)(C)C)C3)cc(-c3ccccc3)nc2c1. The molecule has 2 fully saturated rings. The molecule has 1 aliphatic carbocycles. The molecule has 13 nitrogen and oxygen atoms in total. The second-order valence-corrected chi connectivity index (χ2v) is 16.7. The smallest absolute Gasteiger partial charge is 0.408 e. The summed E-state index contributed by atoms with van der Waals surface area (Å²) in [5.74, 6) is -0.187. The number of hydrogen-bond donors (Lipinski definition) is 4. The van der Waals surface area contributed by atoms with E-state index in [9.17, 15) is 28.7 Å². The Morgan fingerprint density at radius 3 is 2.27 bits per heavy atom. The van der Waals surface area contributed by atoms with Crippen LogP contribution in [0, 0.1) is 5.41 Å². The Labute approximate surface area is 285 Å². The van der Waals surface area contributed by atoms with Gasteiger partial charge in [0.25, 0.3) is 0 Å². The highest BCUT2D eigenvalue weighted by Gasteiger charge is 2.59. The van der Waals surface area contributed by atoms with E-state index in [4.69, 9.17) is 19.2 Å². The Balaban J connectivity index is 1.50. The van der Waals surface area contributed by atoms with Gasteiger partial charge in [-0.2, -0.15) is 0 Å². The number of amides is 3. The number of benzene rings is 2. The normalized spacial score (nSPS) is 19.6. The minimum absolute atomic E-state index is 0.0265. The zero-order chi connectivity index (χ0) is 35.9. The lowest BCUT2D eigenvalue weighted by atomic mass is 9.85. The zero-order valence-electron chi connectivity index (χ0n) is 28.9. The molecule has 4 N–H and O–H groups in total. The Kier molecular flexibility index (Phi) is 9.77. The highest BCUT2D eigenvalue weighted by Crippen LogP contribution is 2.63. The van der Waals surface area contributed by atoms with Crippen LogP contribution in [0.5, 0.6) is 11.5 Å². The molecule has 3 aromatic rings. The second-order valence-electron chi connectivity index (χ2n) is 14.7. The van der Waals surface area contributed by atoms with Crippen LogP contribution >= 0.6 is 7.60 Å². The van der Waals surface area contributed by atoms with Gasteiger partial charge in [0.2, 0.25) is 11.8 Å². The van der Waals surface area contributed by atoms with Crippen LogP contribution in [0.2, 0.25) is 0 Å². The molecular weight excluding hydrogens is 651 g/mol. The number of nitrogens with zero attached hydrogens (tertiary/aromatic N) is 2. The molecule has 1 saturated carbocycles. The first-order valence-electron chi connectivity index (χ1n) is 16.2. The summed E-state index contributed by atoms with van der Waals surface area (Å²) in [6.45, 7) is 10.4. The van der Waals surface area contributed by atoms with E-state index < -0.39 is 60.0 Å². The summed E-state index contributed by atoms with van der Waals surface area (Å²) in [6, 6.07) is 14.5. The lowest BCUT2D eigenvalue weighted by Crippen LogP contribution is -2.58. The topological polar surface area (TPSA) is 177 Å². The van der Waals surface area contributed by atoms with Crippen LogP contribution in [-0.4, -0.2) is 80.3 Å². The fraction of sp³-hybridized carbons (Fsp3) is 0.486. The minimum Gasteiger partial charge on any atom is -0.497 e. The quantitative estimate of drug-likeness (QED) is 0.223. The van der Waals surface area contributed by atoms with Gasteiger partial charge in [0.1, 0.15) is 40.6 Å². The molecular formula is C35H45N4O9P. The molecule has 264 valence electrons. The van der Waals surface area contributed by atoms with Gasteiger partial charge in [-0.05, 0) is 51.2 Å². The van der Waals surface area contributed by atoms with Gasteiger partial charge in [0.05, 0.1) is 24.9 Å². The van der Waals surface area contributed by atoms with Gasteiger partial charge in [-0.1, -0.05) is 51.1 Å². The number of fused-ring (bicyclic) bond motifs is 1. The van der Waals surface area contributed by atoms with Crippen LogP contribution in [0.3, 0.4) is 0 Å². The van der Waals surface area contributed by atoms with Crippen molar-refractivity contribution in [2.24, 2.45) is 5.41 Å². The number of aromatic nitrogens is 1. The van der Waals surface area contributed by atoms with Crippen molar-refractivity contribution in [1.29, 1.82) is 0 Å². The van der Waals surface area contributed by atoms with Crippen LogP contribution in [-0.2, 0) is 18.9 Å². The monoisotopic (exact) mass is 696 g/mol. The molecule has 3 atom stereocenters. The molecule has 1 aromatic heterocycles. The number of methoxy groups -OCH3 is 1. The molecule has 49 heavy (non-hydrogen) atoms. The lowest BCUT2D eigenvalue weighted by Gasteiger charge is -2.36. The predicted octanol–water partition coefficient (Wildman–Crippen LogP) is 4.98. The number of carbonyl (C=O) groups excluding carboxylic acids is 3. The fourth-order valence-electron chi connectivity index (χ4n) is 5.87. The van der Waals surface area contributed by atoms with Gasteiger partial charge in [0.15, 0.2) is 0 Å². The molecule has 2 aromatic carbocycles. The average Bonchev–Trinajstić information content (AvgIpc) is 3.69. The number of carbonyl (C=O) groups is 3. The maximum Gasteiger partial charge on any atom is 0.408 e. The van der Waals surface area contributed by atoms with E-state index in [2.05, 4.69) is 10.6 Å². The molecule has 2 aliphatic rings. The van der Waals surface area contributed by atoms with Gasteiger partial charge < -0.3 is 39.5 Å². The molecule has 0 spiro atoms. The van der Waals surface area contributed by atoms with Crippen molar-refractivity contribution >= 4 is 36.4 Å². The van der Waals surface area contributed by atoms with Crippen LogP contribution < -0.4 is 20.1 Å². The third kappa shape index (κ3) is 8.17. The molecule has 0 bridgehead atoms. The predicted molar refractivity (Wildman–Crippen MR) is 183 cm³/mol. The Morgan fingerprint density at radius 2 is 1.69 bits per heavy atom. The third-order valence-electron chi connectivity index (χ3n) is 8.60. The first kappa shape index (κ1) is 36.1. The van der Waals surface area contributed by atoms with Crippen molar-refractivity contribution in [3.63, 3.8) is 0 Å². The van der Waals surface area contributed by atoms with Crippen LogP contribution in [0.4, 0.5) is 4.79 Å². The van der Waals surface area contributed by atoms with E-state index in [1.807, 2.05) is 36.4 Å². The third-order valence-corrected chi connectivity index (χ3v) is 10.3. The van der Waals surface area contributed by atoms with E-state index >= 15 is 0 Å². The Morgan fingerprint density at radius 1 is 1.02 bits per heavy atom. The van der Waals surface area contributed by atoms with E-state index in [1.165, 1.54) is 4.90 Å². The first-order valence-corrected chi connectivity index (χ1v) is 17.8. The van der Waals surface area contributed by atoms with Gasteiger partial charge in [0, 0.05) is 29.5 Å². The summed E-state index contributed by atoms with van der Waals surface area (Å²) >= 11 is 0. The maximum absolute atomic E-state index is 14.3. The number of hydrogen-bond acceptors (Lipinski definition) is 8. The fourth-order valence-corrected chi connectivity index (χ4v) is 6.82. The van der Waals surface area contributed by atoms with Crippen LogP contribution in [0.15, 0.2) is 54.6 Å². The van der Waals surface area contributed by atoms with Crippen LogP contribution in [0.1, 0.15) is 60.8 Å². The number of rotatable bonds is 9. The van der Waals surface area contributed by atoms with Gasteiger partial charge in [-0.15, -0.1) is 0 Å². The standard InChI is InChI=1S/C35H45N4O9P/c1-33(2,3)29(37-32(42)48-34(4,5)6)31(41)39-20-23(18-27(39)30(40)38-35(15-16-35)49(43,44)45)47-28-19-25(21-11-9-8-10-12-21)36-26-17-22(46-7)13-14-24(26)28/h8-14,17,19,23,27,29H,15-16,18,20H2,1-7H3,(H,37,42)(H,38,40)(H2,43,44,45)/t23?,27-,29+/m0/s1. The van der Waals surface area contributed by atoms with E-state index in [-0.39, 0.29) is 25.8 Å². The summed E-state index contributed by atoms with van der Waals surface area (Å²) in [7, 11) is -3.11. The molecule has 1 aliphatic heterocycles. The van der Waals surface area contributed by atoms with Crippen molar-refractivity contribution in [3.05, 3.63) is 54.6 Å². The number of ether oxygens (including phenoxy) is 3. The van der Waals surface area contributed by atoms with Gasteiger partial charge >= 0.3 is 13.7 Å². The Bertz CT molecular complexity index is 1780. The number of alkyl carbamates (subject to hydrolysis) is 1. The van der Waals surface area contributed by atoms with Crippen molar-refractivity contribution in [2.75, 3.05) is 13.7 Å². The summed E-state index contributed by atoms with van der Waals surface area (Å²) in [5.41, 5.74) is 0.487. The minimum atomic E-state index is -4.68. The van der Waals surface area contributed by atoms with Crippen molar-refractivity contribution in [3.8, 4) is 22.8 Å². The second kappa shape index (κ2) is 13.3. The maximum atomic E-state index is 14.3. The molecule has 5 rings (SSSR count). The molecule has 14 heteroatoms. The summed E-state index contributed by atoms with van der Waals surface area (Å²) in [4.78, 5) is 67.2. The van der Waals surface area contributed by atoms with E-state index in [0.717, 1.165) is 5.56 Å². The summed E-state index contributed by atoms with van der Waals surface area (Å²) in [5, 5.41) is 4.26. The summed E-state index contributed by atoms with van der Waals surface area (Å²) in [6.07, 6.45) is -1.24. The number of pyridine rings is 1. The van der Waals surface area contributed by atoms with Crippen LogP contribution in [0.25, 0.3) is 22.2 Å². The largest absolute Gasteiger partial charge is 0.497 e. The lowest BCUT2D eigenvalue weighted by molar-refractivity contribution is -0.142. The first-order chi connectivity index (χ1) is 22.8.